The normalized spacial score (nSPS) is 12.7. The highest BCUT2D eigenvalue weighted by Gasteiger charge is 2.17. The van der Waals surface area contributed by atoms with Crippen LogP contribution in [0.5, 0.6) is 0 Å². The lowest BCUT2D eigenvalue weighted by Gasteiger charge is -2.17. The molecule has 1 heterocycles. The molecule has 1 aromatic heterocycles. The molecule has 1 atom stereocenters. The van der Waals surface area contributed by atoms with Gasteiger partial charge in [0.2, 0.25) is 0 Å². The summed E-state index contributed by atoms with van der Waals surface area (Å²) in [6.07, 6.45) is 1.45. The van der Waals surface area contributed by atoms with Crippen molar-refractivity contribution in [2.75, 3.05) is 0 Å². The maximum atomic E-state index is 13.9. The van der Waals surface area contributed by atoms with Crippen LogP contribution in [-0.4, -0.2) is 9.78 Å². The number of rotatable bonds is 5. The average Bonchev–Trinajstić information content (AvgIpc) is 2.79. The summed E-state index contributed by atoms with van der Waals surface area (Å²) in [5.41, 5.74) is 5.27. The molecule has 6 heteroatoms. The number of nitrogens with zero attached hydrogens (tertiary/aromatic N) is 2. The molecule has 0 aliphatic rings. The van der Waals surface area contributed by atoms with E-state index < -0.39 is 0 Å². The zero-order valence-electron chi connectivity index (χ0n) is 11.5. The summed E-state index contributed by atoms with van der Waals surface area (Å²) < 4.78 is 16.6. The summed E-state index contributed by atoms with van der Waals surface area (Å²) in [6, 6.07) is 6.58. The largest absolute Gasteiger partial charge is 0.272 e. The van der Waals surface area contributed by atoms with Crippen molar-refractivity contribution in [2.45, 2.75) is 25.8 Å². The molecular weight excluding hydrogens is 323 g/mol. The lowest BCUT2D eigenvalue weighted by atomic mass is 10.0. The molecule has 1 unspecified atom stereocenters. The first-order chi connectivity index (χ1) is 9.55. The highest BCUT2D eigenvalue weighted by Crippen LogP contribution is 2.24. The molecule has 3 N–H and O–H groups in total. The fourth-order valence-corrected chi connectivity index (χ4v) is 2.56. The number of hydrogen-bond acceptors (Lipinski definition) is 3. The van der Waals surface area contributed by atoms with Crippen molar-refractivity contribution in [1.29, 1.82) is 0 Å². The van der Waals surface area contributed by atoms with Crippen LogP contribution in [0.25, 0.3) is 0 Å². The van der Waals surface area contributed by atoms with E-state index in [-0.39, 0.29) is 11.9 Å². The Morgan fingerprint density at radius 3 is 2.80 bits per heavy atom. The minimum Gasteiger partial charge on any atom is -0.272 e. The molecule has 0 amide bonds. The van der Waals surface area contributed by atoms with Crippen LogP contribution in [0.15, 0.2) is 28.7 Å². The highest BCUT2D eigenvalue weighted by molar-refractivity contribution is 9.10. The van der Waals surface area contributed by atoms with E-state index in [1.807, 2.05) is 17.8 Å². The quantitative estimate of drug-likeness (QED) is 0.649. The van der Waals surface area contributed by atoms with E-state index in [4.69, 9.17) is 5.84 Å². The smallest absolute Gasteiger partial charge is 0.128 e. The van der Waals surface area contributed by atoms with Crippen LogP contribution in [-0.2, 0) is 19.9 Å². The van der Waals surface area contributed by atoms with Crippen molar-refractivity contribution in [2.24, 2.45) is 12.9 Å². The molecule has 0 saturated heterocycles. The van der Waals surface area contributed by atoms with Gasteiger partial charge in [-0.3, -0.25) is 16.0 Å². The van der Waals surface area contributed by atoms with Gasteiger partial charge in [0.15, 0.2) is 0 Å². The molecule has 0 saturated carbocycles. The number of benzene rings is 1. The summed E-state index contributed by atoms with van der Waals surface area (Å²) in [5.74, 6) is 5.33. The highest BCUT2D eigenvalue weighted by atomic mass is 79.9. The molecule has 0 aliphatic heterocycles. The first-order valence-corrected chi connectivity index (χ1v) is 7.27. The fraction of sp³-hybridized carbons (Fsp3) is 0.357. The zero-order chi connectivity index (χ0) is 14.7. The summed E-state index contributed by atoms with van der Waals surface area (Å²) in [5, 5.41) is 4.40. The van der Waals surface area contributed by atoms with Gasteiger partial charge in [0.25, 0.3) is 0 Å². The van der Waals surface area contributed by atoms with Gasteiger partial charge in [-0.25, -0.2) is 4.39 Å². The van der Waals surface area contributed by atoms with E-state index in [9.17, 15) is 4.39 Å². The number of hydrogen-bond donors (Lipinski definition) is 2. The van der Waals surface area contributed by atoms with Gasteiger partial charge in [0.1, 0.15) is 5.82 Å². The lowest BCUT2D eigenvalue weighted by Crippen LogP contribution is -2.30. The van der Waals surface area contributed by atoms with Gasteiger partial charge in [-0.15, -0.1) is 0 Å². The van der Waals surface area contributed by atoms with Crippen molar-refractivity contribution < 1.29 is 4.39 Å². The van der Waals surface area contributed by atoms with E-state index in [1.165, 1.54) is 6.07 Å². The van der Waals surface area contributed by atoms with Crippen LogP contribution in [0.2, 0.25) is 0 Å². The van der Waals surface area contributed by atoms with Crippen LogP contribution in [0, 0.1) is 5.82 Å². The Morgan fingerprint density at radius 1 is 1.45 bits per heavy atom. The minimum absolute atomic E-state index is 0.269. The van der Waals surface area contributed by atoms with E-state index in [1.54, 1.807) is 12.1 Å². The van der Waals surface area contributed by atoms with E-state index >= 15 is 0 Å². The molecule has 0 bridgehead atoms. The average molecular weight is 341 g/mol. The first kappa shape index (κ1) is 15.2. The van der Waals surface area contributed by atoms with Gasteiger partial charge < -0.3 is 0 Å². The van der Waals surface area contributed by atoms with Crippen LogP contribution < -0.4 is 11.3 Å². The Kier molecular flexibility index (Phi) is 4.91. The van der Waals surface area contributed by atoms with Crippen LogP contribution in [0.3, 0.4) is 0 Å². The van der Waals surface area contributed by atoms with Gasteiger partial charge in [0.05, 0.1) is 11.7 Å². The third kappa shape index (κ3) is 3.26. The minimum atomic E-state index is -0.299. The topological polar surface area (TPSA) is 55.9 Å². The van der Waals surface area contributed by atoms with Gasteiger partial charge in [0, 0.05) is 29.2 Å². The Hall–Kier alpha value is -1.24. The molecule has 0 spiro atoms. The zero-order valence-corrected chi connectivity index (χ0v) is 13.1. The van der Waals surface area contributed by atoms with Crippen LogP contribution in [0.4, 0.5) is 4.39 Å². The summed E-state index contributed by atoms with van der Waals surface area (Å²) >= 11 is 3.36. The van der Waals surface area contributed by atoms with Crippen molar-refractivity contribution in [3.8, 4) is 0 Å². The second-order valence-corrected chi connectivity index (χ2v) is 5.61. The Bertz CT molecular complexity index is 597. The third-order valence-corrected chi connectivity index (χ3v) is 3.83. The maximum Gasteiger partial charge on any atom is 0.128 e. The molecule has 0 radical (unpaired) electrons. The first-order valence-electron chi connectivity index (χ1n) is 6.48. The Morgan fingerprint density at radius 2 is 2.20 bits per heavy atom. The molecule has 2 rings (SSSR count). The molecule has 0 fully saturated rings. The van der Waals surface area contributed by atoms with Crippen LogP contribution in [0.1, 0.15) is 29.9 Å². The van der Waals surface area contributed by atoms with Gasteiger partial charge in [-0.2, -0.15) is 5.10 Å². The van der Waals surface area contributed by atoms with Crippen molar-refractivity contribution >= 4 is 15.9 Å². The lowest BCUT2D eigenvalue weighted by molar-refractivity contribution is 0.497. The Labute approximate surface area is 126 Å². The molecule has 108 valence electrons. The van der Waals surface area contributed by atoms with E-state index in [2.05, 4.69) is 33.4 Å². The predicted molar refractivity (Wildman–Crippen MR) is 80.5 cm³/mol. The molecule has 1 aromatic carbocycles. The number of aromatic nitrogens is 2. The van der Waals surface area contributed by atoms with Crippen molar-refractivity contribution in [1.82, 2.24) is 15.2 Å². The second-order valence-electron chi connectivity index (χ2n) is 4.69. The second kappa shape index (κ2) is 6.47. The molecule has 4 nitrogen and oxygen atoms in total. The van der Waals surface area contributed by atoms with E-state index in [0.29, 0.717) is 12.0 Å². The number of hydrazine groups is 1. The Balaban J connectivity index is 2.28. The van der Waals surface area contributed by atoms with Crippen molar-refractivity contribution in [3.63, 3.8) is 0 Å². The fourth-order valence-electron chi connectivity index (χ4n) is 2.18. The summed E-state index contributed by atoms with van der Waals surface area (Å²) in [6.45, 7) is 2.05. The maximum absolute atomic E-state index is 13.9. The molecule has 0 aliphatic carbocycles. The van der Waals surface area contributed by atoms with Gasteiger partial charge in [-0.1, -0.05) is 22.9 Å². The van der Waals surface area contributed by atoms with E-state index in [0.717, 1.165) is 22.3 Å². The number of halogens is 2. The standard InChI is InChI=1S/C14H18BrFN4/c1-3-10-7-11(20(2)19-10)8-14(18-17)12-6-9(15)4-5-13(12)16/h4-7,14,18H,3,8,17H2,1-2H3. The third-order valence-electron chi connectivity index (χ3n) is 3.34. The number of aryl methyl sites for hydroxylation is 2. The molecular formula is C14H18BrFN4. The summed E-state index contributed by atoms with van der Waals surface area (Å²) in [4.78, 5) is 0. The number of nitrogens with two attached hydrogens (primary N) is 1. The molecule has 20 heavy (non-hydrogen) atoms. The van der Waals surface area contributed by atoms with Crippen molar-refractivity contribution in [3.05, 3.63) is 51.5 Å². The SMILES string of the molecule is CCc1cc(CC(NN)c2cc(Br)ccc2F)n(C)n1. The van der Waals surface area contributed by atoms with Gasteiger partial charge >= 0.3 is 0 Å². The van der Waals surface area contributed by atoms with Gasteiger partial charge in [-0.05, 0) is 30.7 Å². The predicted octanol–water partition coefficient (Wildman–Crippen LogP) is 2.63. The summed E-state index contributed by atoms with van der Waals surface area (Å²) in [7, 11) is 1.89. The number of nitrogens with one attached hydrogen (secondary N) is 1. The van der Waals surface area contributed by atoms with Crippen LogP contribution >= 0.6 is 15.9 Å². The molecule has 2 aromatic rings. The monoisotopic (exact) mass is 340 g/mol.